The number of amidine groups is 1. The molecule has 6 rings (SSSR count). The van der Waals surface area contributed by atoms with Gasteiger partial charge in [0.05, 0.1) is 23.4 Å². The lowest BCUT2D eigenvalue weighted by Crippen LogP contribution is -2.29. The maximum absolute atomic E-state index is 13.3. The van der Waals surface area contributed by atoms with Crippen molar-refractivity contribution in [1.82, 2.24) is 15.3 Å². The zero-order valence-electron chi connectivity index (χ0n) is 17.3. The summed E-state index contributed by atoms with van der Waals surface area (Å²) in [5.41, 5.74) is 3.39. The average molecular weight is 496 g/mol. The molecule has 0 bridgehead atoms. The fraction of sp³-hybridized carbons (Fsp3) is 0.348. The van der Waals surface area contributed by atoms with Crippen LogP contribution in [-0.2, 0) is 0 Å². The Kier molecular flexibility index (Phi) is 4.78. The SMILES string of the molecule is O=C1NC(=NC2CCCCC2)C(c2cc3c(cc2Br)OCO3)N1c1ccc2nc[nH]c2c1. The number of carbonyl (C=O) groups is 1. The van der Waals surface area contributed by atoms with Crippen molar-refractivity contribution in [3.8, 4) is 11.5 Å². The molecule has 1 aliphatic carbocycles. The maximum atomic E-state index is 13.3. The smallest absolute Gasteiger partial charge is 0.328 e. The van der Waals surface area contributed by atoms with E-state index in [1.165, 1.54) is 19.3 Å². The molecule has 1 saturated carbocycles. The Morgan fingerprint density at radius 2 is 1.91 bits per heavy atom. The Balaban J connectivity index is 1.48. The standard InChI is InChI=1S/C23H22BrN5O3/c24-16-10-20-19(31-12-32-20)9-15(16)21-22(27-13-4-2-1-3-5-13)28-23(30)29(21)14-6-7-17-18(8-14)26-11-25-17/h6-11,13,21H,1-5,12H2,(H,25,26)(H,27,28,30). The van der Waals surface area contributed by atoms with E-state index in [-0.39, 0.29) is 18.9 Å². The highest BCUT2D eigenvalue weighted by Gasteiger charge is 2.41. The second-order valence-corrected chi connectivity index (χ2v) is 9.19. The number of imidazole rings is 1. The monoisotopic (exact) mass is 495 g/mol. The number of ether oxygens (including phenoxy) is 2. The number of urea groups is 1. The summed E-state index contributed by atoms with van der Waals surface area (Å²) in [6, 6.07) is 9.23. The van der Waals surface area contributed by atoms with Crippen LogP contribution in [0, 0.1) is 0 Å². The zero-order valence-corrected chi connectivity index (χ0v) is 18.9. The number of benzene rings is 2. The van der Waals surface area contributed by atoms with Crippen molar-refractivity contribution >= 4 is 44.5 Å². The van der Waals surface area contributed by atoms with E-state index in [0.717, 1.165) is 39.6 Å². The highest BCUT2D eigenvalue weighted by atomic mass is 79.9. The molecule has 1 atom stereocenters. The number of nitrogens with zero attached hydrogens (tertiary/aromatic N) is 3. The first-order valence-electron chi connectivity index (χ1n) is 10.9. The van der Waals surface area contributed by atoms with Gasteiger partial charge in [-0.3, -0.25) is 15.2 Å². The number of hydrogen-bond donors (Lipinski definition) is 2. The van der Waals surface area contributed by atoms with E-state index in [4.69, 9.17) is 14.5 Å². The van der Waals surface area contributed by atoms with Gasteiger partial charge in [0.2, 0.25) is 6.79 Å². The molecule has 1 saturated heterocycles. The molecule has 1 unspecified atom stereocenters. The van der Waals surface area contributed by atoms with Crippen molar-refractivity contribution in [2.75, 3.05) is 11.7 Å². The Labute approximate surface area is 193 Å². The molecule has 2 amide bonds. The van der Waals surface area contributed by atoms with E-state index >= 15 is 0 Å². The van der Waals surface area contributed by atoms with Crippen LogP contribution in [0.1, 0.15) is 43.7 Å². The first-order valence-corrected chi connectivity index (χ1v) is 11.7. The molecule has 3 aromatic rings. The molecular weight excluding hydrogens is 474 g/mol. The van der Waals surface area contributed by atoms with Gasteiger partial charge in [-0.15, -0.1) is 0 Å². The molecule has 32 heavy (non-hydrogen) atoms. The number of aromatic nitrogens is 2. The molecule has 2 fully saturated rings. The van der Waals surface area contributed by atoms with E-state index in [2.05, 4.69) is 31.2 Å². The Hall–Kier alpha value is -3.07. The van der Waals surface area contributed by atoms with Crippen molar-refractivity contribution in [1.29, 1.82) is 0 Å². The molecule has 164 valence electrons. The molecule has 2 N–H and O–H groups in total. The molecule has 8 nitrogen and oxygen atoms in total. The number of carbonyl (C=O) groups excluding carboxylic acids is 1. The minimum Gasteiger partial charge on any atom is -0.454 e. The van der Waals surface area contributed by atoms with E-state index in [1.54, 1.807) is 11.2 Å². The number of rotatable bonds is 3. The third-order valence-electron chi connectivity index (χ3n) is 6.34. The van der Waals surface area contributed by atoms with E-state index in [1.807, 2.05) is 30.3 Å². The van der Waals surface area contributed by atoms with Crippen LogP contribution in [0.5, 0.6) is 11.5 Å². The molecular formula is C23H22BrN5O3. The molecule has 0 spiro atoms. The van der Waals surface area contributed by atoms with Gasteiger partial charge in [0.15, 0.2) is 11.5 Å². The maximum Gasteiger partial charge on any atom is 0.328 e. The highest BCUT2D eigenvalue weighted by Crippen LogP contribution is 2.43. The fourth-order valence-electron chi connectivity index (χ4n) is 4.76. The van der Waals surface area contributed by atoms with Crippen LogP contribution >= 0.6 is 15.9 Å². The van der Waals surface area contributed by atoms with Gasteiger partial charge in [0, 0.05) is 15.7 Å². The zero-order chi connectivity index (χ0) is 21.7. The minimum atomic E-state index is -0.409. The average Bonchev–Trinajstić information content (AvgIpc) is 3.51. The number of H-pyrrole nitrogens is 1. The van der Waals surface area contributed by atoms with Gasteiger partial charge in [-0.1, -0.05) is 35.2 Å². The van der Waals surface area contributed by atoms with Crippen LogP contribution in [0.25, 0.3) is 11.0 Å². The molecule has 2 aliphatic heterocycles. The number of aliphatic imine (C=N–C) groups is 1. The summed E-state index contributed by atoms with van der Waals surface area (Å²) in [6.45, 7) is 0.191. The van der Waals surface area contributed by atoms with Crippen molar-refractivity contribution in [2.24, 2.45) is 4.99 Å². The molecule has 3 heterocycles. The van der Waals surface area contributed by atoms with Gasteiger partial charge in [-0.2, -0.15) is 0 Å². The van der Waals surface area contributed by atoms with Gasteiger partial charge >= 0.3 is 6.03 Å². The number of amides is 2. The quantitative estimate of drug-likeness (QED) is 0.531. The van der Waals surface area contributed by atoms with E-state index < -0.39 is 6.04 Å². The predicted molar refractivity (Wildman–Crippen MR) is 124 cm³/mol. The normalized spacial score (nSPS) is 22.2. The Morgan fingerprint density at radius 3 is 2.75 bits per heavy atom. The van der Waals surface area contributed by atoms with Gasteiger partial charge in [0.1, 0.15) is 11.9 Å². The van der Waals surface area contributed by atoms with E-state index in [9.17, 15) is 4.79 Å². The van der Waals surface area contributed by atoms with Gasteiger partial charge in [-0.25, -0.2) is 9.78 Å². The molecule has 0 radical (unpaired) electrons. The summed E-state index contributed by atoms with van der Waals surface area (Å²) >= 11 is 3.69. The summed E-state index contributed by atoms with van der Waals surface area (Å²) < 4.78 is 12.0. The van der Waals surface area contributed by atoms with Crippen LogP contribution in [-0.4, -0.2) is 34.7 Å². The topological polar surface area (TPSA) is 91.8 Å². The van der Waals surface area contributed by atoms with Crippen molar-refractivity contribution in [3.05, 3.63) is 46.7 Å². The van der Waals surface area contributed by atoms with Crippen LogP contribution in [0.4, 0.5) is 10.5 Å². The summed E-state index contributed by atoms with van der Waals surface area (Å²) in [6.07, 6.45) is 7.35. The van der Waals surface area contributed by atoms with Crippen LogP contribution in [0.3, 0.4) is 0 Å². The summed E-state index contributed by atoms with van der Waals surface area (Å²) in [5.74, 6) is 2.03. The van der Waals surface area contributed by atoms with Gasteiger partial charge in [-0.05, 0) is 43.2 Å². The summed E-state index contributed by atoms with van der Waals surface area (Å²) in [4.78, 5) is 27.5. The fourth-order valence-corrected chi connectivity index (χ4v) is 5.30. The van der Waals surface area contributed by atoms with Gasteiger partial charge in [0.25, 0.3) is 0 Å². The number of aromatic amines is 1. The third-order valence-corrected chi connectivity index (χ3v) is 7.02. The predicted octanol–water partition coefficient (Wildman–Crippen LogP) is 5.06. The Bertz CT molecular complexity index is 1230. The van der Waals surface area contributed by atoms with Crippen LogP contribution in [0.2, 0.25) is 0 Å². The lowest BCUT2D eigenvalue weighted by molar-refractivity contribution is 0.174. The molecule has 2 aromatic carbocycles. The number of fused-ring (bicyclic) bond motifs is 2. The summed E-state index contributed by atoms with van der Waals surface area (Å²) in [7, 11) is 0. The first-order chi connectivity index (χ1) is 15.7. The van der Waals surface area contributed by atoms with Crippen LogP contribution < -0.4 is 19.7 Å². The number of anilines is 1. The van der Waals surface area contributed by atoms with Crippen molar-refractivity contribution in [2.45, 2.75) is 44.2 Å². The molecule has 3 aliphatic rings. The number of hydrogen-bond acceptors (Lipinski definition) is 5. The lowest BCUT2D eigenvalue weighted by atomic mass is 9.95. The van der Waals surface area contributed by atoms with Crippen LogP contribution in [0.15, 0.2) is 46.1 Å². The Morgan fingerprint density at radius 1 is 1.09 bits per heavy atom. The third kappa shape index (κ3) is 3.31. The minimum absolute atomic E-state index is 0.191. The second-order valence-electron chi connectivity index (χ2n) is 8.34. The number of halogens is 1. The molecule has 1 aromatic heterocycles. The number of nitrogens with one attached hydrogen (secondary N) is 2. The second kappa shape index (κ2) is 7.81. The van der Waals surface area contributed by atoms with Crippen molar-refractivity contribution in [3.63, 3.8) is 0 Å². The first kappa shape index (κ1) is 19.6. The largest absolute Gasteiger partial charge is 0.454 e. The van der Waals surface area contributed by atoms with Gasteiger partial charge < -0.3 is 14.5 Å². The molecule has 9 heteroatoms. The highest BCUT2D eigenvalue weighted by molar-refractivity contribution is 9.10. The van der Waals surface area contributed by atoms with Crippen molar-refractivity contribution < 1.29 is 14.3 Å². The van der Waals surface area contributed by atoms with E-state index in [0.29, 0.717) is 17.3 Å². The lowest BCUT2D eigenvalue weighted by Gasteiger charge is -2.25. The summed E-state index contributed by atoms with van der Waals surface area (Å²) in [5, 5.41) is 3.05.